The number of rotatable bonds is 6. The summed E-state index contributed by atoms with van der Waals surface area (Å²) in [7, 11) is 3.81. The minimum absolute atomic E-state index is 0.547. The molecule has 1 aromatic carbocycles. The Hall–Kier alpha value is -2.34. The van der Waals surface area contributed by atoms with Gasteiger partial charge in [0.1, 0.15) is 0 Å². The van der Waals surface area contributed by atoms with E-state index >= 15 is 0 Å². The summed E-state index contributed by atoms with van der Waals surface area (Å²) >= 11 is 0. The summed E-state index contributed by atoms with van der Waals surface area (Å²) in [6.07, 6.45) is 2.50. The van der Waals surface area contributed by atoms with Crippen molar-refractivity contribution < 1.29 is 0 Å². The number of aromatic nitrogens is 2. The van der Waals surface area contributed by atoms with Crippen LogP contribution < -0.4 is 10.6 Å². The van der Waals surface area contributed by atoms with E-state index in [1.165, 1.54) is 36.2 Å². The SMILES string of the molecule is CN=C(NCc1c(C)nn(C)c1C)NCC1CCCN1Cc1ccccc1. The zero-order valence-electron chi connectivity index (χ0n) is 17.0. The Morgan fingerprint density at radius 1 is 1.22 bits per heavy atom. The van der Waals surface area contributed by atoms with E-state index in [1.807, 2.05) is 18.8 Å². The molecule has 1 aliphatic rings. The van der Waals surface area contributed by atoms with E-state index in [9.17, 15) is 0 Å². The van der Waals surface area contributed by atoms with Crippen LogP contribution in [0, 0.1) is 13.8 Å². The van der Waals surface area contributed by atoms with Crippen molar-refractivity contribution in [2.45, 2.75) is 45.8 Å². The number of likely N-dealkylation sites (tertiary alicyclic amines) is 1. The van der Waals surface area contributed by atoms with E-state index in [4.69, 9.17) is 0 Å². The smallest absolute Gasteiger partial charge is 0.191 e. The fourth-order valence-electron chi connectivity index (χ4n) is 3.83. The zero-order chi connectivity index (χ0) is 19.2. The Morgan fingerprint density at radius 3 is 2.67 bits per heavy atom. The minimum atomic E-state index is 0.547. The van der Waals surface area contributed by atoms with Gasteiger partial charge in [0.05, 0.1) is 5.69 Å². The third kappa shape index (κ3) is 4.89. The molecule has 6 nitrogen and oxygen atoms in total. The maximum atomic E-state index is 4.48. The van der Waals surface area contributed by atoms with Gasteiger partial charge in [-0.25, -0.2) is 0 Å². The highest BCUT2D eigenvalue weighted by Crippen LogP contribution is 2.19. The predicted octanol–water partition coefficient (Wildman–Crippen LogP) is 2.37. The molecule has 2 N–H and O–H groups in total. The highest BCUT2D eigenvalue weighted by molar-refractivity contribution is 5.79. The van der Waals surface area contributed by atoms with Gasteiger partial charge in [0, 0.05) is 51.0 Å². The number of hydrogen-bond donors (Lipinski definition) is 2. The van der Waals surface area contributed by atoms with Crippen molar-refractivity contribution in [2.24, 2.45) is 12.0 Å². The van der Waals surface area contributed by atoms with Crippen LogP contribution in [0.5, 0.6) is 0 Å². The predicted molar refractivity (Wildman–Crippen MR) is 111 cm³/mol. The molecule has 1 atom stereocenters. The standard InChI is InChI=1S/C21H32N6/c1-16-20(17(2)26(4)25-16)14-24-21(22-3)23-13-19-11-8-12-27(19)15-18-9-6-5-7-10-18/h5-7,9-10,19H,8,11-15H2,1-4H3,(H2,22,23,24). The first-order chi connectivity index (χ1) is 13.1. The lowest BCUT2D eigenvalue weighted by Gasteiger charge is -2.25. The van der Waals surface area contributed by atoms with Gasteiger partial charge in [-0.05, 0) is 38.8 Å². The van der Waals surface area contributed by atoms with Crippen LogP contribution >= 0.6 is 0 Å². The van der Waals surface area contributed by atoms with Crippen LogP contribution in [0.3, 0.4) is 0 Å². The highest BCUT2D eigenvalue weighted by atomic mass is 15.3. The average Bonchev–Trinajstić information content (AvgIpc) is 3.21. The van der Waals surface area contributed by atoms with Gasteiger partial charge in [-0.1, -0.05) is 30.3 Å². The van der Waals surface area contributed by atoms with Crippen LogP contribution in [-0.4, -0.2) is 46.8 Å². The number of nitrogens with one attached hydrogen (secondary N) is 2. The van der Waals surface area contributed by atoms with Crippen LogP contribution in [0.25, 0.3) is 0 Å². The molecular formula is C21H32N6. The lowest BCUT2D eigenvalue weighted by Crippen LogP contribution is -2.44. The molecule has 2 aromatic rings. The summed E-state index contributed by atoms with van der Waals surface area (Å²) in [4.78, 5) is 6.96. The molecule has 1 aliphatic heterocycles. The van der Waals surface area contributed by atoms with Gasteiger partial charge in [0.2, 0.25) is 0 Å². The van der Waals surface area contributed by atoms with Crippen LogP contribution in [0.4, 0.5) is 0 Å². The molecule has 1 fully saturated rings. The Morgan fingerprint density at radius 2 is 2.00 bits per heavy atom. The summed E-state index contributed by atoms with van der Waals surface area (Å²) in [5.74, 6) is 0.851. The summed E-state index contributed by atoms with van der Waals surface area (Å²) in [6.45, 7) is 8.00. The first kappa shape index (κ1) is 19.4. The van der Waals surface area contributed by atoms with Crippen molar-refractivity contribution in [1.82, 2.24) is 25.3 Å². The van der Waals surface area contributed by atoms with Gasteiger partial charge >= 0.3 is 0 Å². The van der Waals surface area contributed by atoms with Gasteiger partial charge in [-0.3, -0.25) is 14.6 Å². The molecule has 1 aromatic heterocycles. The molecule has 0 amide bonds. The molecule has 6 heteroatoms. The van der Waals surface area contributed by atoms with E-state index < -0.39 is 0 Å². The Labute approximate surface area is 162 Å². The van der Waals surface area contributed by atoms with Gasteiger partial charge in [0.15, 0.2) is 5.96 Å². The summed E-state index contributed by atoms with van der Waals surface area (Å²) in [6, 6.07) is 11.3. The second-order valence-electron chi connectivity index (χ2n) is 7.33. The number of benzene rings is 1. The molecule has 3 rings (SSSR count). The topological polar surface area (TPSA) is 57.5 Å². The maximum absolute atomic E-state index is 4.48. The molecule has 0 bridgehead atoms. The van der Waals surface area contributed by atoms with E-state index in [1.54, 1.807) is 0 Å². The van der Waals surface area contributed by atoms with Gasteiger partial charge < -0.3 is 10.6 Å². The normalized spacial score (nSPS) is 18.1. The fourth-order valence-corrected chi connectivity index (χ4v) is 3.83. The van der Waals surface area contributed by atoms with Gasteiger partial charge in [-0.15, -0.1) is 0 Å². The van der Waals surface area contributed by atoms with Gasteiger partial charge in [-0.2, -0.15) is 5.10 Å². The Bertz CT molecular complexity index is 764. The summed E-state index contributed by atoms with van der Waals surface area (Å²) in [5.41, 5.74) is 4.89. The van der Waals surface area contributed by atoms with Crippen molar-refractivity contribution >= 4 is 5.96 Å². The lowest BCUT2D eigenvalue weighted by atomic mass is 10.2. The largest absolute Gasteiger partial charge is 0.355 e. The zero-order valence-corrected chi connectivity index (χ0v) is 17.0. The number of aliphatic imine (C=N–C) groups is 1. The third-order valence-corrected chi connectivity index (χ3v) is 5.55. The second kappa shape index (κ2) is 9.04. The van der Waals surface area contributed by atoms with E-state index in [-0.39, 0.29) is 0 Å². The number of hydrogen-bond acceptors (Lipinski definition) is 3. The molecule has 0 aliphatic carbocycles. The molecule has 146 valence electrons. The molecule has 0 radical (unpaired) electrons. The van der Waals surface area contributed by atoms with E-state index in [2.05, 4.69) is 69.8 Å². The number of nitrogens with zero attached hydrogens (tertiary/aromatic N) is 4. The van der Waals surface area contributed by atoms with Crippen molar-refractivity contribution in [1.29, 1.82) is 0 Å². The maximum Gasteiger partial charge on any atom is 0.191 e. The first-order valence-corrected chi connectivity index (χ1v) is 9.80. The average molecular weight is 369 g/mol. The molecule has 0 spiro atoms. The molecular weight excluding hydrogens is 336 g/mol. The van der Waals surface area contributed by atoms with Crippen molar-refractivity contribution in [3.8, 4) is 0 Å². The van der Waals surface area contributed by atoms with Crippen molar-refractivity contribution in [2.75, 3.05) is 20.1 Å². The molecule has 2 heterocycles. The van der Waals surface area contributed by atoms with E-state index in [0.29, 0.717) is 6.04 Å². The van der Waals surface area contributed by atoms with Crippen LogP contribution in [-0.2, 0) is 20.1 Å². The highest BCUT2D eigenvalue weighted by Gasteiger charge is 2.24. The lowest BCUT2D eigenvalue weighted by molar-refractivity contribution is 0.245. The minimum Gasteiger partial charge on any atom is -0.355 e. The van der Waals surface area contributed by atoms with Gasteiger partial charge in [0.25, 0.3) is 0 Å². The molecule has 27 heavy (non-hydrogen) atoms. The fraction of sp³-hybridized carbons (Fsp3) is 0.524. The van der Waals surface area contributed by atoms with Crippen LogP contribution in [0.15, 0.2) is 35.3 Å². The van der Waals surface area contributed by atoms with E-state index in [0.717, 1.165) is 31.3 Å². The molecule has 1 unspecified atom stereocenters. The monoisotopic (exact) mass is 368 g/mol. The molecule has 1 saturated heterocycles. The molecule has 0 saturated carbocycles. The Balaban J connectivity index is 1.51. The third-order valence-electron chi connectivity index (χ3n) is 5.55. The number of aryl methyl sites for hydroxylation is 2. The first-order valence-electron chi connectivity index (χ1n) is 9.80. The summed E-state index contributed by atoms with van der Waals surface area (Å²) in [5, 5.41) is 11.4. The van der Waals surface area contributed by atoms with Crippen LogP contribution in [0.1, 0.15) is 35.4 Å². The number of guanidine groups is 1. The van der Waals surface area contributed by atoms with Crippen molar-refractivity contribution in [3.05, 3.63) is 52.8 Å². The second-order valence-corrected chi connectivity index (χ2v) is 7.33. The Kier molecular flexibility index (Phi) is 6.50. The van der Waals surface area contributed by atoms with Crippen molar-refractivity contribution in [3.63, 3.8) is 0 Å². The van der Waals surface area contributed by atoms with Crippen LogP contribution in [0.2, 0.25) is 0 Å². The quantitative estimate of drug-likeness (QED) is 0.607. The summed E-state index contributed by atoms with van der Waals surface area (Å²) < 4.78 is 1.93.